The first-order chi connectivity index (χ1) is 16.1. The maximum absolute atomic E-state index is 6.85. The van der Waals surface area contributed by atoms with Crippen LogP contribution in [0.3, 0.4) is 0 Å². The summed E-state index contributed by atoms with van der Waals surface area (Å²) in [5.74, 6) is 1.71. The SMILES string of the molecule is COc1cccc2c1OC1(CCN(C(C)C)CC1)N1N=C(c3ccc4ccccc4c3)CC21. The zero-order valence-corrected chi connectivity index (χ0v) is 19.6. The lowest BCUT2D eigenvalue weighted by Gasteiger charge is -2.51. The van der Waals surface area contributed by atoms with Gasteiger partial charge < -0.3 is 14.4 Å². The molecule has 6 rings (SSSR count). The second-order valence-electron chi connectivity index (χ2n) is 9.73. The van der Waals surface area contributed by atoms with Crippen LogP contribution in [0.25, 0.3) is 10.8 Å². The van der Waals surface area contributed by atoms with E-state index in [0.29, 0.717) is 6.04 Å². The first-order valence-electron chi connectivity index (χ1n) is 12.0. The normalized spacial score (nSPS) is 21.6. The molecular formula is C28H31N3O2. The number of ether oxygens (including phenoxy) is 2. The van der Waals surface area contributed by atoms with Crippen LogP contribution in [0.4, 0.5) is 0 Å². The summed E-state index contributed by atoms with van der Waals surface area (Å²) in [6, 6.07) is 22.1. The molecule has 3 aromatic rings. The van der Waals surface area contributed by atoms with Crippen LogP contribution in [0.15, 0.2) is 65.8 Å². The van der Waals surface area contributed by atoms with Gasteiger partial charge in [0.05, 0.1) is 18.9 Å². The lowest BCUT2D eigenvalue weighted by Crippen LogP contribution is -2.59. The number of hydrogen-bond donors (Lipinski definition) is 0. The number of hydrogen-bond acceptors (Lipinski definition) is 5. The number of nitrogens with zero attached hydrogens (tertiary/aromatic N) is 3. The fourth-order valence-corrected chi connectivity index (χ4v) is 5.69. The highest BCUT2D eigenvalue weighted by atomic mass is 16.5. The van der Waals surface area contributed by atoms with E-state index in [0.717, 1.165) is 49.6 Å². The lowest BCUT2D eigenvalue weighted by atomic mass is 9.90. The van der Waals surface area contributed by atoms with Gasteiger partial charge in [-0.25, -0.2) is 5.01 Å². The van der Waals surface area contributed by atoms with Gasteiger partial charge in [-0.3, -0.25) is 0 Å². The zero-order valence-electron chi connectivity index (χ0n) is 19.6. The first kappa shape index (κ1) is 20.5. The maximum atomic E-state index is 6.85. The molecule has 170 valence electrons. The van der Waals surface area contributed by atoms with E-state index in [1.54, 1.807) is 7.11 Å². The van der Waals surface area contributed by atoms with Crippen LogP contribution in [-0.4, -0.2) is 47.6 Å². The number of rotatable bonds is 3. The number of fused-ring (bicyclic) bond motifs is 5. The molecule has 1 fully saturated rings. The molecule has 0 amide bonds. The fourth-order valence-electron chi connectivity index (χ4n) is 5.69. The molecular weight excluding hydrogens is 410 g/mol. The third-order valence-electron chi connectivity index (χ3n) is 7.60. The Labute approximate surface area is 195 Å². The Morgan fingerprint density at radius 1 is 1.00 bits per heavy atom. The quantitative estimate of drug-likeness (QED) is 0.531. The Hall–Kier alpha value is -3.05. The van der Waals surface area contributed by atoms with E-state index >= 15 is 0 Å². The molecule has 0 bridgehead atoms. The number of methoxy groups -OCH3 is 1. The molecule has 5 nitrogen and oxygen atoms in total. The van der Waals surface area contributed by atoms with Crippen molar-refractivity contribution in [1.82, 2.24) is 9.91 Å². The average molecular weight is 442 g/mol. The molecule has 3 aliphatic rings. The molecule has 5 heteroatoms. The van der Waals surface area contributed by atoms with Crippen LogP contribution < -0.4 is 9.47 Å². The summed E-state index contributed by atoms with van der Waals surface area (Å²) in [6.45, 7) is 6.55. The average Bonchev–Trinajstić information content (AvgIpc) is 3.31. The molecule has 1 saturated heterocycles. The van der Waals surface area contributed by atoms with Gasteiger partial charge in [-0.15, -0.1) is 0 Å². The van der Waals surface area contributed by atoms with Crippen LogP contribution in [-0.2, 0) is 0 Å². The summed E-state index contributed by atoms with van der Waals surface area (Å²) < 4.78 is 12.6. The molecule has 1 unspecified atom stereocenters. The predicted octanol–water partition coefficient (Wildman–Crippen LogP) is 5.59. The third-order valence-corrected chi connectivity index (χ3v) is 7.60. The lowest BCUT2D eigenvalue weighted by molar-refractivity contribution is -0.153. The van der Waals surface area contributed by atoms with E-state index < -0.39 is 5.72 Å². The smallest absolute Gasteiger partial charge is 0.200 e. The number of piperidine rings is 1. The van der Waals surface area contributed by atoms with Gasteiger partial charge in [-0.05, 0) is 42.3 Å². The Bertz CT molecular complexity index is 1230. The van der Waals surface area contributed by atoms with Crippen molar-refractivity contribution in [1.29, 1.82) is 0 Å². The first-order valence-corrected chi connectivity index (χ1v) is 12.0. The van der Waals surface area contributed by atoms with Crippen molar-refractivity contribution in [3.63, 3.8) is 0 Å². The Balaban J connectivity index is 1.42. The van der Waals surface area contributed by atoms with E-state index in [2.05, 4.69) is 78.4 Å². The van der Waals surface area contributed by atoms with Crippen molar-refractivity contribution in [2.24, 2.45) is 5.10 Å². The van der Waals surface area contributed by atoms with Crippen molar-refractivity contribution in [3.05, 3.63) is 71.8 Å². The highest BCUT2D eigenvalue weighted by Gasteiger charge is 2.52. The Morgan fingerprint density at radius 3 is 2.55 bits per heavy atom. The van der Waals surface area contributed by atoms with Gasteiger partial charge >= 0.3 is 0 Å². The fraction of sp³-hybridized carbons (Fsp3) is 0.393. The third kappa shape index (κ3) is 3.29. The topological polar surface area (TPSA) is 37.3 Å². The maximum Gasteiger partial charge on any atom is 0.200 e. The second-order valence-corrected chi connectivity index (χ2v) is 9.73. The number of hydrazone groups is 1. The van der Waals surface area contributed by atoms with E-state index in [9.17, 15) is 0 Å². The van der Waals surface area contributed by atoms with Crippen molar-refractivity contribution < 1.29 is 9.47 Å². The van der Waals surface area contributed by atoms with E-state index in [1.807, 2.05) is 6.07 Å². The monoisotopic (exact) mass is 441 g/mol. The van der Waals surface area contributed by atoms with Crippen LogP contribution in [0, 0.1) is 0 Å². The molecule has 0 saturated carbocycles. The second kappa shape index (κ2) is 7.77. The van der Waals surface area contributed by atoms with Gasteiger partial charge in [0.2, 0.25) is 5.72 Å². The summed E-state index contributed by atoms with van der Waals surface area (Å²) in [7, 11) is 1.73. The minimum absolute atomic E-state index is 0.163. The highest BCUT2D eigenvalue weighted by molar-refractivity contribution is 6.04. The summed E-state index contributed by atoms with van der Waals surface area (Å²) >= 11 is 0. The van der Waals surface area contributed by atoms with Gasteiger partial charge in [0.15, 0.2) is 11.5 Å². The van der Waals surface area contributed by atoms with Gasteiger partial charge in [-0.1, -0.05) is 48.5 Å². The van der Waals surface area contributed by atoms with Gasteiger partial charge in [0, 0.05) is 44.0 Å². The van der Waals surface area contributed by atoms with E-state index in [4.69, 9.17) is 14.6 Å². The molecule has 3 aliphatic heterocycles. The minimum atomic E-state index is -0.434. The summed E-state index contributed by atoms with van der Waals surface area (Å²) in [5, 5.41) is 10.1. The van der Waals surface area contributed by atoms with Crippen molar-refractivity contribution in [2.75, 3.05) is 20.2 Å². The van der Waals surface area contributed by atoms with Crippen molar-refractivity contribution in [2.45, 2.75) is 50.9 Å². The molecule has 0 N–H and O–H groups in total. The van der Waals surface area contributed by atoms with Crippen molar-refractivity contribution in [3.8, 4) is 11.5 Å². The van der Waals surface area contributed by atoms with Crippen LogP contribution >= 0.6 is 0 Å². The summed E-state index contributed by atoms with van der Waals surface area (Å²) in [5.41, 5.74) is 3.07. The highest BCUT2D eigenvalue weighted by Crippen LogP contribution is 2.52. The Morgan fingerprint density at radius 2 is 1.79 bits per heavy atom. The minimum Gasteiger partial charge on any atom is -0.493 e. The van der Waals surface area contributed by atoms with E-state index in [-0.39, 0.29) is 6.04 Å². The largest absolute Gasteiger partial charge is 0.493 e. The zero-order chi connectivity index (χ0) is 22.6. The number of para-hydroxylation sites is 1. The number of likely N-dealkylation sites (tertiary alicyclic amines) is 1. The molecule has 1 spiro atoms. The molecule has 0 aromatic heterocycles. The Kier molecular flexibility index (Phi) is 4.84. The summed E-state index contributed by atoms with van der Waals surface area (Å²) in [6.07, 6.45) is 2.72. The van der Waals surface area contributed by atoms with Gasteiger partial charge in [-0.2, -0.15) is 5.10 Å². The van der Waals surface area contributed by atoms with Crippen molar-refractivity contribution >= 4 is 16.5 Å². The molecule has 3 aromatic carbocycles. The molecule has 0 radical (unpaired) electrons. The molecule has 3 heterocycles. The van der Waals surface area contributed by atoms with Crippen LogP contribution in [0.5, 0.6) is 11.5 Å². The van der Waals surface area contributed by atoms with Gasteiger partial charge in [0.1, 0.15) is 0 Å². The number of benzene rings is 3. The summed E-state index contributed by atoms with van der Waals surface area (Å²) in [4.78, 5) is 2.53. The van der Waals surface area contributed by atoms with Crippen LogP contribution in [0.2, 0.25) is 0 Å². The van der Waals surface area contributed by atoms with Crippen LogP contribution in [0.1, 0.15) is 50.3 Å². The molecule has 1 atom stereocenters. The molecule has 0 aliphatic carbocycles. The molecule has 33 heavy (non-hydrogen) atoms. The van der Waals surface area contributed by atoms with E-state index in [1.165, 1.54) is 21.9 Å². The van der Waals surface area contributed by atoms with Gasteiger partial charge in [0.25, 0.3) is 0 Å². The standard InChI is InChI=1S/C28H31N3O2/c1-19(2)30-15-13-28(14-16-30)31-25(23-9-6-10-26(32-3)27(23)33-28)18-24(29-31)22-12-11-20-7-4-5-8-21(20)17-22/h4-12,17,19,25H,13-16,18H2,1-3H3. The predicted molar refractivity (Wildman–Crippen MR) is 132 cm³/mol.